The molecule has 1 aromatic carbocycles. The first-order chi connectivity index (χ1) is 18.0. The third kappa shape index (κ3) is 5.03. The number of ether oxygens (including phenoxy) is 3. The number of nitrogens with zero attached hydrogens (tertiary/aromatic N) is 3. The Morgan fingerprint density at radius 1 is 1.19 bits per heavy atom. The molecule has 2 aliphatic heterocycles. The lowest BCUT2D eigenvalue weighted by Gasteiger charge is -2.40. The van der Waals surface area contributed by atoms with Crippen LogP contribution in [0.25, 0.3) is 16.6 Å². The summed E-state index contributed by atoms with van der Waals surface area (Å²) >= 11 is 0. The molecule has 4 heterocycles. The molecule has 0 saturated carbocycles. The van der Waals surface area contributed by atoms with E-state index in [0.29, 0.717) is 17.3 Å². The van der Waals surface area contributed by atoms with Crippen molar-refractivity contribution < 1.29 is 23.0 Å². The quantitative estimate of drug-likeness (QED) is 0.448. The summed E-state index contributed by atoms with van der Waals surface area (Å²) in [6.45, 7) is 3.69. The largest absolute Gasteiger partial charge is 0.494 e. The number of rotatable bonds is 8. The minimum Gasteiger partial charge on any atom is -0.494 e. The molecule has 3 aromatic rings. The number of aromatic amines is 1. The zero-order chi connectivity index (χ0) is 25.9. The van der Waals surface area contributed by atoms with Crippen LogP contribution in [0.15, 0.2) is 35.7 Å². The van der Waals surface area contributed by atoms with Crippen LogP contribution in [0.4, 0.5) is 8.78 Å². The molecule has 0 atom stereocenters. The fourth-order valence-corrected chi connectivity index (χ4v) is 4.88. The standard InChI is InChI=1S/C27H31F2N5O3/c1-35-23-9-24(36-2)26(29)22(25(23)28)8-17-12-33-27-21(17)7-16(11-32-27)18(10-30)13-31-19-3-5-34(6-4-19)20-14-37-15-20/h7,9-13,19-20H,3-6,8,14-15,30H2,1-2H3,(H,32,33). The van der Waals surface area contributed by atoms with Crippen LogP contribution in [-0.2, 0) is 11.2 Å². The SMILES string of the molecule is COc1cc(OC)c(F)c(Cc2c[nH]c3ncc(C(C=NC4CCN(C5COC5)CC4)=CN)cc23)c1F. The maximum absolute atomic E-state index is 15.0. The third-order valence-corrected chi connectivity index (χ3v) is 7.22. The number of methoxy groups -OCH3 is 2. The minimum absolute atomic E-state index is 0.0171. The second-order valence-corrected chi connectivity index (χ2v) is 9.36. The van der Waals surface area contributed by atoms with Crippen LogP contribution in [0.3, 0.4) is 0 Å². The number of piperidine rings is 1. The van der Waals surface area contributed by atoms with Crippen LogP contribution in [0.2, 0.25) is 0 Å². The normalized spacial score (nSPS) is 18.0. The molecule has 0 spiro atoms. The van der Waals surface area contributed by atoms with Crippen LogP contribution < -0.4 is 15.2 Å². The third-order valence-electron chi connectivity index (χ3n) is 7.22. The fraction of sp³-hybridized carbons (Fsp3) is 0.407. The first-order valence-corrected chi connectivity index (χ1v) is 12.3. The van der Waals surface area contributed by atoms with Gasteiger partial charge in [-0.15, -0.1) is 0 Å². The van der Waals surface area contributed by atoms with Crippen LogP contribution in [0, 0.1) is 11.6 Å². The van der Waals surface area contributed by atoms with Crippen molar-refractivity contribution in [2.75, 3.05) is 40.5 Å². The van der Waals surface area contributed by atoms with Gasteiger partial charge in [-0.1, -0.05) is 0 Å². The molecule has 37 heavy (non-hydrogen) atoms. The van der Waals surface area contributed by atoms with Gasteiger partial charge in [0.05, 0.1) is 39.5 Å². The minimum atomic E-state index is -0.759. The predicted molar refractivity (Wildman–Crippen MR) is 138 cm³/mol. The van der Waals surface area contributed by atoms with E-state index in [4.69, 9.17) is 24.9 Å². The maximum atomic E-state index is 15.0. The number of nitrogens with two attached hydrogens (primary N) is 1. The Labute approximate surface area is 214 Å². The van der Waals surface area contributed by atoms with Crippen LogP contribution >= 0.6 is 0 Å². The summed E-state index contributed by atoms with van der Waals surface area (Å²) in [5.41, 5.74) is 8.60. The lowest BCUT2D eigenvalue weighted by atomic mass is 10.0. The van der Waals surface area contributed by atoms with E-state index in [-0.39, 0.29) is 29.5 Å². The second-order valence-electron chi connectivity index (χ2n) is 9.36. The average Bonchev–Trinajstić information content (AvgIpc) is 3.29. The van der Waals surface area contributed by atoms with Gasteiger partial charge in [0.15, 0.2) is 23.1 Å². The highest BCUT2D eigenvalue weighted by Gasteiger charge is 2.29. The van der Waals surface area contributed by atoms with E-state index in [2.05, 4.69) is 14.9 Å². The number of allylic oxidation sites excluding steroid dienone is 1. The van der Waals surface area contributed by atoms with Gasteiger partial charge in [-0.3, -0.25) is 9.89 Å². The van der Waals surface area contributed by atoms with Crippen molar-refractivity contribution >= 4 is 22.8 Å². The molecular weight excluding hydrogens is 480 g/mol. The number of halogens is 2. The molecule has 8 nitrogen and oxygen atoms in total. The molecule has 0 radical (unpaired) electrons. The summed E-state index contributed by atoms with van der Waals surface area (Å²) < 4.78 is 45.4. The summed E-state index contributed by atoms with van der Waals surface area (Å²) in [5.74, 6) is -1.68. The zero-order valence-electron chi connectivity index (χ0n) is 21.0. The van der Waals surface area contributed by atoms with Gasteiger partial charge in [-0.2, -0.15) is 0 Å². The van der Waals surface area contributed by atoms with E-state index in [1.54, 1.807) is 18.6 Å². The molecule has 0 bridgehead atoms. The van der Waals surface area contributed by atoms with Gasteiger partial charge >= 0.3 is 0 Å². The fourth-order valence-electron chi connectivity index (χ4n) is 4.88. The molecule has 2 aromatic heterocycles. The first-order valence-electron chi connectivity index (χ1n) is 12.3. The highest BCUT2D eigenvalue weighted by Crippen LogP contribution is 2.34. The molecule has 0 aliphatic carbocycles. The Bertz CT molecular complexity index is 1300. The van der Waals surface area contributed by atoms with Gasteiger partial charge in [-0.05, 0) is 24.5 Å². The molecule has 2 saturated heterocycles. The number of benzene rings is 1. The van der Waals surface area contributed by atoms with Crippen molar-refractivity contribution in [2.24, 2.45) is 10.7 Å². The van der Waals surface area contributed by atoms with E-state index < -0.39 is 11.6 Å². The topological polar surface area (TPSA) is 98.0 Å². The van der Waals surface area contributed by atoms with Crippen molar-refractivity contribution in [3.8, 4) is 11.5 Å². The highest BCUT2D eigenvalue weighted by molar-refractivity contribution is 6.10. The predicted octanol–water partition coefficient (Wildman–Crippen LogP) is 3.68. The monoisotopic (exact) mass is 511 g/mol. The zero-order valence-corrected chi connectivity index (χ0v) is 21.0. The van der Waals surface area contributed by atoms with Crippen molar-refractivity contribution in [2.45, 2.75) is 31.3 Å². The van der Waals surface area contributed by atoms with Crippen molar-refractivity contribution in [1.29, 1.82) is 0 Å². The molecule has 0 amide bonds. The van der Waals surface area contributed by atoms with Gasteiger partial charge in [0, 0.05) is 72.5 Å². The Hall–Kier alpha value is -3.50. The Morgan fingerprint density at radius 2 is 1.89 bits per heavy atom. The lowest BCUT2D eigenvalue weighted by Crippen LogP contribution is -2.52. The van der Waals surface area contributed by atoms with Crippen LogP contribution in [0.5, 0.6) is 11.5 Å². The maximum Gasteiger partial charge on any atom is 0.171 e. The number of aromatic nitrogens is 2. The number of aliphatic imine (C=N–C) groups is 1. The summed E-state index contributed by atoms with van der Waals surface area (Å²) in [4.78, 5) is 14.8. The van der Waals surface area contributed by atoms with E-state index in [0.717, 1.165) is 55.7 Å². The Kier molecular flexibility index (Phi) is 7.38. The number of pyridine rings is 1. The Morgan fingerprint density at radius 3 is 2.49 bits per heavy atom. The Balaban J connectivity index is 1.36. The summed E-state index contributed by atoms with van der Waals surface area (Å²) in [7, 11) is 2.66. The van der Waals surface area contributed by atoms with Gasteiger partial charge in [-0.25, -0.2) is 13.8 Å². The number of nitrogens with one attached hydrogen (secondary N) is 1. The number of fused-ring (bicyclic) bond motifs is 1. The van der Waals surface area contributed by atoms with Gasteiger partial charge in [0.1, 0.15) is 5.65 Å². The summed E-state index contributed by atoms with van der Waals surface area (Å²) in [6.07, 6.45) is 8.68. The molecule has 0 unspecified atom stereocenters. The van der Waals surface area contributed by atoms with E-state index in [9.17, 15) is 8.78 Å². The molecule has 2 aliphatic rings. The number of hydrogen-bond acceptors (Lipinski definition) is 7. The van der Waals surface area contributed by atoms with E-state index in [1.807, 2.05) is 6.07 Å². The highest BCUT2D eigenvalue weighted by atomic mass is 19.1. The number of likely N-dealkylation sites (tertiary alicyclic amines) is 1. The van der Waals surface area contributed by atoms with Gasteiger partial charge < -0.3 is 24.9 Å². The van der Waals surface area contributed by atoms with E-state index in [1.165, 1.54) is 26.5 Å². The number of H-pyrrole nitrogens is 1. The molecule has 10 heteroatoms. The summed E-state index contributed by atoms with van der Waals surface area (Å²) in [5, 5.41) is 0.738. The molecule has 2 fully saturated rings. The number of hydrogen-bond donors (Lipinski definition) is 2. The van der Waals surface area contributed by atoms with E-state index >= 15 is 0 Å². The van der Waals surface area contributed by atoms with Crippen LogP contribution in [-0.4, -0.2) is 73.7 Å². The van der Waals surface area contributed by atoms with Crippen LogP contribution in [0.1, 0.15) is 29.5 Å². The lowest BCUT2D eigenvalue weighted by molar-refractivity contribution is -0.0709. The average molecular weight is 512 g/mol. The van der Waals surface area contributed by atoms with Gasteiger partial charge in [0.2, 0.25) is 0 Å². The molecular formula is C27H31F2N5O3. The summed E-state index contributed by atoms with van der Waals surface area (Å²) in [6, 6.07) is 3.90. The first kappa shape index (κ1) is 25.2. The van der Waals surface area contributed by atoms with Gasteiger partial charge in [0.25, 0.3) is 0 Å². The molecule has 196 valence electrons. The second kappa shape index (κ2) is 10.9. The van der Waals surface area contributed by atoms with Crippen molar-refractivity contribution in [3.05, 3.63) is 59.1 Å². The van der Waals surface area contributed by atoms with Crippen molar-refractivity contribution in [1.82, 2.24) is 14.9 Å². The molecule has 5 rings (SSSR count). The molecule has 3 N–H and O–H groups in total. The smallest absolute Gasteiger partial charge is 0.171 e. The van der Waals surface area contributed by atoms with Crippen molar-refractivity contribution in [3.63, 3.8) is 0 Å².